The minimum absolute atomic E-state index is 0.123. The van der Waals surface area contributed by atoms with Gasteiger partial charge >= 0.3 is 5.97 Å². The van der Waals surface area contributed by atoms with Crippen LogP contribution in [-0.2, 0) is 17.6 Å². The van der Waals surface area contributed by atoms with Gasteiger partial charge in [0.2, 0.25) is 5.91 Å². The molecule has 0 saturated carbocycles. The number of carboxylic acid groups (broad SMARTS) is 1. The quantitative estimate of drug-likeness (QED) is 0.838. The van der Waals surface area contributed by atoms with Gasteiger partial charge in [0, 0.05) is 10.9 Å². The number of nitrogens with one attached hydrogen (secondary N) is 1. The number of piperidine rings is 1. The zero-order valence-corrected chi connectivity index (χ0v) is 15.8. The standard InChI is InChI=1S/C18H27N3O3S/c1-20-9-7-12(8-10-20)21(2)11-15(22)19-17-16(18(23)24)13-5-3-4-6-14(13)25-17/h12H,3-11H2,1-2H3,(H,19,22)(H,23,24). The number of aromatic carboxylic acids is 1. The molecular weight excluding hydrogens is 338 g/mol. The Bertz CT molecular complexity index is 650. The van der Waals surface area contributed by atoms with Gasteiger partial charge in [0.15, 0.2) is 0 Å². The predicted molar refractivity (Wildman–Crippen MR) is 99.7 cm³/mol. The van der Waals surface area contributed by atoms with E-state index >= 15 is 0 Å². The third-order valence-corrected chi connectivity index (χ3v) is 6.55. The van der Waals surface area contributed by atoms with Crippen LogP contribution in [0.5, 0.6) is 0 Å². The highest BCUT2D eigenvalue weighted by atomic mass is 32.1. The van der Waals surface area contributed by atoms with Crippen LogP contribution in [0, 0.1) is 0 Å². The fourth-order valence-electron chi connectivity index (χ4n) is 3.84. The van der Waals surface area contributed by atoms with Crippen LogP contribution in [0.2, 0.25) is 0 Å². The molecule has 25 heavy (non-hydrogen) atoms. The maximum absolute atomic E-state index is 12.5. The topological polar surface area (TPSA) is 72.9 Å². The predicted octanol–water partition coefficient (Wildman–Crippen LogP) is 2.29. The largest absolute Gasteiger partial charge is 0.478 e. The van der Waals surface area contributed by atoms with Gasteiger partial charge in [0.25, 0.3) is 0 Å². The van der Waals surface area contributed by atoms with Crippen molar-refractivity contribution in [1.29, 1.82) is 0 Å². The highest BCUT2D eigenvalue weighted by Gasteiger charge is 2.27. The molecule has 1 aromatic rings. The lowest BCUT2D eigenvalue weighted by atomic mass is 9.95. The summed E-state index contributed by atoms with van der Waals surface area (Å²) in [6.07, 6.45) is 5.97. The number of rotatable bonds is 5. The fourth-order valence-corrected chi connectivity index (χ4v) is 5.14. The maximum atomic E-state index is 12.5. The molecule has 3 rings (SSSR count). The molecule has 0 aromatic carbocycles. The Balaban J connectivity index is 1.65. The van der Waals surface area contributed by atoms with E-state index in [2.05, 4.69) is 22.2 Å². The van der Waals surface area contributed by atoms with E-state index in [4.69, 9.17) is 0 Å². The van der Waals surface area contributed by atoms with Crippen molar-refractivity contribution in [2.75, 3.05) is 39.0 Å². The number of carbonyl (C=O) groups excluding carboxylic acids is 1. The van der Waals surface area contributed by atoms with Gasteiger partial charge in [-0.15, -0.1) is 11.3 Å². The van der Waals surface area contributed by atoms with Crippen LogP contribution in [0.25, 0.3) is 0 Å². The lowest BCUT2D eigenvalue weighted by molar-refractivity contribution is -0.117. The number of carboxylic acids is 1. The smallest absolute Gasteiger partial charge is 0.339 e. The molecule has 1 aliphatic heterocycles. The third-order valence-electron chi connectivity index (χ3n) is 5.34. The molecule has 1 aliphatic carbocycles. The van der Waals surface area contributed by atoms with E-state index in [-0.39, 0.29) is 5.91 Å². The van der Waals surface area contributed by atoms with Gasteiger partial charge in [-0.3, -0.25) is 9.69 Å². The third kappa shape index (κ3) is 4.22. The number of nitrogens with zero attached hydrogens (tertiary/aromatic N) is 2. The summed E-state index contributed by atoms with van der Waals surface area (Å²) < 4.78 is 0. The van der Waals surface area contributed by atoms with Crippen molar-refractivity contribution in [3.8, 4) is 0 Å². The first-order chi connectivity index (χ1) is 12.0. The minimum Gasteiger partial charge on any atom is -0.478 e. The number of hydrogen-bond donors (Lipinski definition) is 2. The number of aryl methyl sites for hydroxylation is 1. The summed E-state index contributed by atoms with van der Waals surface area (Å²) in [5.74, 6) is -1.05. The van der Waals surface area contributed by atoms with E-state index < -0.39 is 5.97 Å². The first-order valence-corrected chi connectivity index (χ1v) is 9.84. The second-order valence-electron chi connectivity index (χ2n) is 7.22. The van der Waals surface area contributed by atoms with Crippen LogP contribution in [0.4, 0.5) is 5.00 Å². The molecule has 1 amide bonds. The monoisotopic (exact) mass is 365 g/mol. The number of carbonyl (C=O) groups is 2. The normalized spacial score (nSPS) is 19.0. The molecule has 6 nitrogen and oxygen atoms in total. The average molecular weight is 365 g/mol. The summed E-state index contributed by atoms with van der Waals surface area (Å²) in [6, 6.07) is 0.414. The van der Waals surface area contributed by atoms with Crippen LogP contribution in [0.15, 0.2) is 0 Å². The van der Waals surface area contributed by atoms with Gasteiger partial charge in [-0.1, -0.05) is 0 Å². The van der Waals surface area contributed by atoms with Gasteiger partial charge in [0.1, 0.15) is 5.00 Å². The fraction of sp³-hybridized carbons (Fsp3) is 0.667. The minimum atomic E-state index is -0.932. The molecular formula is C18H27N3O3S. The molecule has 0 radical (unpaired) electrons. The average Bonchev–Trinajstić information content (AvgIpc) is 2.92. The molecule has 2 heterocycles. The van der Waals surface area contributed by atoms with Gasteiger partial charge < -0.3 is 15.3 Å². The van der Waals surface area contributed by atoms with Gasteiger partial charge in [-0.05, 0) is 71.3 Å². The van der Waals surface area contributed by atoms with Crippen LogP contribution >= 0.6 is 11.3 Å². The van der Waals surface area contributed by atoms with Crippen molar-refractivity contribution in [3.63, 3.8) is 0 Å². The van der Waals surface area contributed by atoms with Crippen LogP contribution < -0.4 is 5.32 Å². The van der Waals surface area contributed by atoms with Crippen LogP contribution in [-0.4, -0.2) is 66.6 Å². The second-order valence-corrected chi connectivity index (χ2v) is 8.32. The SMILES string of the molecule is CN1CCC(N(C)CC(=O)Nc2sc3c(c2C(=O)O)CCCC3)CC1. The molecule has 1 saturated heterocycles. The van der Waals surface area contributed by atoms with Crippen molar-refractivity contribution in [3.05, 3.63) is 16.0 Å². The summed E-state index contributed by atoms with van der Waals surface area (Å²) in [7, 11) is 4.10. The van der Waals surface area contributed by atoms with E-state index in [0.29, 0.717) is 23.2 Å². The van der Waals surface area contributed by atoms with E-state index in [1.807, 2.05) is 7.05 Å². The zero-order valence-electron chi connectivity index (χ0n) is 15.0. The van der Waals surface area contributed by atoms with Gasteiger partial charge in [0.05, 0.1) is 12.1 Å². The molecule has 138 valence electrons. The Labute approximate surface area is 152 Å². The molecule has 0 unspecified atom stereocenters. The lowest BCUT2D eigenvalue weighted by Crippen LogP contribution is -2.44. The number of likely N-dealkylation sites (tertiary alicyclic amines) is 1. The Morgan fingerprint density at radius 2 is 1.96 bits per heavy atom. The number of fused-ring (bicyclic) bond motifs is 1. The Morgan fingerprint density at radius 3 is 2.64 bits per heavy atom. The zero-order chi connectivity index (χ0) is 18.0. The summed E-state index contributed by atoms with van der Waals surface area (Å²) in [4.78, 5) is 29.7. The molecule has 1 fully saturated rings. The van der Waals surface area contributed by atoms with Crippen molar-refractivity contribution < 1.29 is 14.7 Å². The molecule has 2 aliphatic rings. The summed E-state index contributed by atoms with van der Waals surface area (Å²) in [5, 5.41) is 13.0. The van der Waals surface area contributed by atoms with Gasteiger partial charge in [-0.25, -0.2) is 4.79 Å². The lowest BCUT2D eigenvalue weighted by Gasteiger charge is -2.34. The second kappa shape index (κ2) is 7.85. The first kappa shape index (κ1) is 18.4. The Kier molecular flexibility index (Phi) is 5.76. The molecule has 0 spiro atoms. The number of amides is 1. The van der Waals surface area contributed by atoms with Crippen molar-refractivity contribution in [2.45, 2.75) is 44.6 Å². The van der Waals surface area contributed by atoms with E-state index in [1.165, 1.54) is 11.3 Å². The molecule has 2 N–H and O–H groups in total. The van der Waals surface area contributed by atoms with Gasteiger partial charge in [-0.2, -0.15) is 0 Å². The number of thiophene rings is 1. The number of likely N-dealkylation sites (N-methyl/N-ethyl adjacent to an activating group) is 1. The number of anilines is 1. The van der Waals surface area contributed by atoms with Crippen molar-refractivity contribution in [1.82, 2.24) is 9.80 Å². The van der Waals surface area contributed by atoms with Crippen LogP contribution in [0.1, 0.15) is 46.5 Å². The maximum Gasteiger partial charge on any atom is 0.339 e. The van der Waals surface area contributed by atoms with Crippen LogP contribution in [0.3, 0.4) is 0 Å². The van der Waals surface area contributed by atoms with Crippen molar-refractivity contribution >= 4 is 28.2 Å². The molecule has 0 atom stereocenters. The Morgan fingerprint density at radius 1 is 1.28 bits per heavy atom. The summed E-state index contributed by atoms with van der Waals surface area (Å²) in [5.41, 5.74) is 1.25. The Hall–Kier alpha value is -1.44. The summed E-state index contributed by atoms with van der Waals surface area (Å²) >= 11 is 1.44. The van der Waals surface area contributed by atoms with E-state index in [9.17, 15) is 14.7 Å². The van der Waals surface area contributed by atoms with E-state index in [1.54, 1.807) is 0 Å². The highest BCUT2D eigenvalue weighted by Crippen LogP contribution is 2.38. The molecule has 7 heteroatoms. The van der Waals surface area contributed by atoms with E-state index in [0.717, 1.165) is 62.1 Å². The first-order valence-electron chi connectivity index (χ1n) is 9.02. The highest BCUT2D eigenvalue weighted by molar-refractivity contribution is 7.17. The summed E-state index contributed by atoms with van der Waals surface area (Å²) in [6.45, 7) is 2.41. The molecule has 0 bridgehead atoms. The van der Waals surface area contributed by atoms with Crippen molar-refractivity contribution in [2.24, 2.45) is 0 Å². The number of hydrogen-bond acceptors (Lipinski definition) is 5. The molecule has 1 aromatic heterocycles.